The highest BCUT2D eigenvalue weighted by molar-refractivity contribution is 6.99. The van der Waals surface area contributed by atoms with E-state index < -0.39 is 14.4 Å². The zero-order valence-corrected chi connectivity index (χ0v) is 18.4. The SMILES string of the molecule is CC(C)(C)[Si](OCC(O)C/C=C/c1ccoc1)(c1ccccc1)c1ccccc1. The van der Waals surface area contributed by atoms with E-state index in [1.165, 1.54) is 10.4 Å². The number of aliphatic hydroxyl groups is 1. The van der Waals surface area contributed by atoms with E-state index >= 15 is 0 Å². The van der Waals surface area contributed by atoms with Gasteiger partial charge in [-0.1, -0.05) is 93.6 Å². The molecule has 29 heavy (non-hydrogen) atoms. The van der Waals surface area contributed by atoms with Gasteiger partial charge in [0.05, 0.1) is 25.2 Å². The molecule has 0 spiro atoms. The Labute approximate surface area is 174 Å². The van der Waals surface area contributed by atoms with Crippen molar-refractivity contribution in [3.63, 3.8) is 0 Å². The average molecular weight is 407 g/mol. The third kappa shape index (κ3) is 4.96. The lowest BCUT2D eigenvalue weighted by Gasteiger charge is -2.43. The Morgan fingerprint density at radius 1 is 0.966 bits per heavy atom. The molecule has 3 aromatic rings. The Hall–Kier alpha value is -2.40. The van der Waals surface area contributed by atoms with Crippen molar-refractivity contribution in [2.24, 2.45) is 0 Å². The van der Waals surface area contributed by atoms with Crippen LogP contribution in [0.4, 0.5) is 0 Å². The number of furan rings is 1. The molecule has 1 heterocycles. The van der Waals surface area contributed by atoms with Gasteiger partial charge in [-0.15, -0.1) is 0 Å². The molecule has 0 saturated heterocycles. The fourth-order valence-electron chi connectivity index (χ4n) is 3.78. The van der Waals surface area contributed by atoms with Crippen molar-refractivity contribution in [1.29, 1.82) is 0 Å². The van der Waals surface area contributed by atoms with Gasteiger partial charge in [-0.3, -0.25) is 0 Å². The summed E-state index contributed by atoms with van der Waals surface area (Å²) in [6, 6.07) is 22.9. The first kappa shape index (κ1) is 21.3. The van der Waals surface area contributed by atoms with Crippen LogP contribution in [0.1, 0.15) is 32.8 Å². The maximum atomic E-state index is 10.6. The Morgan fingerprint density at radius 3 is 2.03 bits per heavy atom. The Balaban J connectivity index is 1.85. The maximum Gasteiger partial charge on any atom is 0.261 e. The van der Waals surface area contributed by atoms with Crippen LogP contribution in [0.2, 0.25) is 5.04 Å². The highest BCUT2D eigenvalue weighted by Crippen LogP contribution is 2.36. The molecule has 2 aromatic carbocycles. The lowest BCUT2D eigenvalue weighted by molar-refractivity contribution is 0.105. The number of aliphatic hydroxyl groups excluding tert-OH is 1. The molecule has 0 aliphatic carbocycles. The molecule has 3 nitrogen and oxygen atoms in total. The van der Waals surface area contributed by atoms with E-state index in [0.29, 0.717) is 13.0 Å². The van der Waals surface area contributed by atoms with Crippen molar-refractivity contribution in [3.8, 4) is 0 Å². The van der Waals surface area contributed by atoms with Crippen LogP contribution in [0.25, 0.3) is 6.08 Å². The van der Waals surface area contributed by atoms with Crippen LogP contribution in [0, 0.1) is 0 Å². The lowest BCUT2D eigenvalue weighted by atomic mass is 10.2. The van der Waals surface area contributed by atoms with E-state index in [0.717, 1.165) is 5.56 Å². The molecular weight excluding hydrogens is 376 g/mol. The highest BCUT2D eigenvalue weighted by atomic mass is 28.4. The third-order valence-corrected chi connectivity index (χ3v) is 10.2. The van der Waals surface area contributed by atoms with Crippen LogP contribution in [0.3, 0.4) is 0 Å². The zero-order chi connectivity index (χ0) is 20.7. The fourth-order valence-corrected chi connectivity index (χ4v) is 8.38. The number of rotatable bonds is 8. The Kier molecular flexibility index (Phi) is 6.90. The molecule has 1 atom stereocenters. The number of benzene rings is 2. The molecule has 3 rings (SSSR count). The minimum absolute atomic E-state index is 0.0952. The second kappa shape index (κ2) is 9.40. The second-order valence-electron chi connectivity index (χ2n) is 8.32. The van der Waals surface area contributed by atoms with Gasteiger partial charge in [0.25, 0.3) is 8.32 Å². The summed E-state index contributed by atoms with van der Waals surface area (Å²) in [4.78, 5) is 0. The van der Waals surface area contributed by atoms with E-state index in [9.17, 15) is 5.11 Å². The summed E-state index contributed by atoms with van der Waals surface area (Å²) in [5.74, 6) is 0. The van der Waals surface area contributed by atoms with Gasteiger partial charge in [-0.25, -0.2) is 0 Å². The molecule has 152 valence electrons. The molecule has 4 heteroatoms. The quantitative estimate of drug-likeness (QED) is 0.555. The number of hydrogen-bond acceptors (Lipinski definition) is 3. The standard InChI is InChI=1S/C25H30O3Si/c1-25(2,3)29(23-13-6-4-7-14-23,24-15-8-5-9-16-24)28-20-22(26)12-10-11-21-17-18-27-19-21/h4-11,13-19,22,26H,12,20H2,1-3H3/b11-10+. The summed E-state index contributed by atoms with van der Waals surface area (Å²) >= 11 is 0. The van der Waals surface area contributed by atoms with Crippen LogP contribution in [-0.2, 0) is 4.43 Å². The maximum absolute atomic E-state index is 10.6. The van der Waals surface area contributed by atoms with Crippen molar-refractivity contribution >= 4 is 24.8 Å². The van der Waals surface area contributed by atoms with Gasteiger partial charge in [-0.05, 0) is 27.9 Å². The zero-order valence-electron chi connectivity index (χ0n) is 17.4. The molecule has 1 aromatic heterocycles. The van der Waals surface area contributed by atoms with Crippen molar-refractivity contribution in [3.05, 3.63) is 90.9 Å². The Bertz CT molecular complexity index is 841. The minimum atomic E-state index is -2.60. The molecule has 0 bridgehead atoms. The Morgan fingerprint density at radius 2 is 1.55 bits per heavy atom. The molecule has 0 radical (unpaired) electrons. The van der Waals surface area contributed by atoms with E-state index in [-0.39, 0.29) is 5.04 Å². The molecule has 0 aliphatic rings. The van der Waals surface area contributed by atoms with Crippen molar-refractivity contribution in [2.75, 3.05) is 6.61 Å². The van der Waals surface area contributed by atoms with Gasteiger partial charge in [0.1, 0.15) is 0 Å². The average Bonchev–Trinajstić information content (AvgIpc) is 3.23. The first-order valence-electron chi connectivity index (χ1n) is 10.1. The first-order valence-corrected chi connectivity index (χ1v) is 12.0. The van der Waals surface area contributed by atoms with E-state index in [4.69, 9.17) is 8.84 Å². The van der Waals surface area contributed by atoms with Crippen LogP contribution >= 0.6 is 0 Å². The van der Waals surface area contributed by atoms with Crippen molar-refractivity contribution in [1.82, 2.24) is 0 Å². The normalized spacial score (nSPS) is 13.7. The van der Waals surface area contributed by atoms with Crippen LogP contribution < -0.4 is 10.4 Å². The summed E-state index contributed by atoms with van der Waals surface area (Å²) in [6.45, 7) is 7.02. The predicted molar refractivity (Wildman–Crippen MR) is 122 cm³/mol. The molecule has 0 fully saturated rings. The third-order valence-electron chi connectivity index (χ3n) is 5.17. The van der Waals surface area contributed by atoms with Crippen LogP contribution in [-0.4, -0.2) is 26.1 Å². The van der Waals surface area contributed by atoms with Gasteiger partial charge >= 0.3 is 0 Å². The topological polar surface area (TPSA) is 42.6 Å². The van der Waals surface area contributed by atoms with Crippen molar-refractivity contribution < 1.29 is 13.9 Å². The second-order valence-corrected chi connectivity index (χ2v) is 12.6. The molecule has 1 N–H and O–H groups in total. The first-order chi connectivity index (χ1) is 13.9. The summed E-state index contributed by atoms with van der Waals surface area (Å²) < 4.78 is 11.8. The molecule has 0 amide bonds. The molecule has 1 unspecified atom stereocenters. The molecular formula is C25H30O3Si. The van der Waals surface area contributed by atoms with Crippen molar-refractivity contribution in [2.45, 2.75) is 38.3 Å². The number of hydrogen-bond donors (Lipinski definition) is 1. The summed E-state index contributed by atoms with van der Waals surface area (Å²) in [7, 11) is -2.60. The van der Waals surface area contributed by atoms with E-state index in [1.807, 2.05) is 30.4 Å². The van der Waals surface area contributed by atoms with Gasteiger partial charge < -0.3 is 13.9 Å². The molecule has 0 aliphatic heterocycles. The predicted octanol–water partition coefficient (Wildman–Crippen LogP) is 4.62. The van der Waals surface area contributed by atoms with Gasteiger partial charge in [0.15, 0.2) is 0 Å². The largest absolute Gasteiger partial charge is 0.472 e. The molecule has 0 saturated carbocycles. The van der Waals surface area contributed by atoms with Gasteiger partial charge in [0, 0.05) is 5.56 Å². The lowest BCUT2D eigenvalue weighted by Crippen LogP contribution is -2.67. The van der Waals surface area contributed by atoms with Crippen LogP contribution in [0.5, 0.6) is 0 Å². The van der Waals surface area contributed by atoms with Crippen LogP contribution in [0.15, 0.2) is 89.7 Å². The van der Waals surface area contributed by atoms with Gasteiger partial charge in [-0.2, -0.15) is 0 Å². The fraction of sp³-hybridized carbons (Fsp3) is 0.280. The summed E-state index contributed by atoms with van der Waals surface area (Å²) in [6.07, 6.45) is 7.20. The van der Waals surface area contributed by atoms with E-state index in [1.54, 1.807) is 12.5 Å². The summed E-state index contributed by atoms with van der Waals surface area (Å²) in [5, 5.41) is 13.0. The summed E-state index contributed by atoms with van der Waals surface area (Å²) in [5.41, 5.74) is 0.991. The van der Waals surface area contributed by atoms with Gasteiger partial charge in [0.2, 0.25) is 0 Å². The monoisotopic (exact) mass is 406 g/mol. The minimum Gasteiger partial charge on any atom is -0.472 e. The highest BCUT2D eigenvalue weighted by Gasteiger charge is 2.50. The van der Waals surface area contributed by atoms with E-state index in [2.05, 4.69) is 69.3 Å². The smallest absolute Gasteiger partial charge is 0.261 e.